The minimum atomic E-state index is 0.837. The summed E-state index contributed by atoms with van der Waals surface area (Å²) in [5.74, 6) is 6.01. The summed E-state index contributed by atoms with van der Waals surface area (Å²) in [5.41, 5.74) is 3.20. The van der Waals surface area contributed by atoms with Crippen LogP contribution < -0.4 is 0 Å². The monoisotopic (exact) mass is 436 g/mol. The molecule has 3 fully saturated rings. The summed E-state index contributed by atoms with van der Waals surface area (Å²) in [7, 11) is 0. The van der Waals surface area contributed by atoms with Crippen LogP contribution in [0.1, 0.15) is 140 Å². The van der Waals surface area contributed by atoms with Gasteiger partial charge in [-0.15, -0.1) is 0 Å². The Bertz CT molecular complexity index is 619. The third kappa shape index (κ3) is 7.11. The lowest BCUT2D eigenvalue weighted by atomic mass is 9.74. The van der Waals surface area contributed by atoms with Crippen molar-refractivity contribution in [3.63, 3.8) is 0 Å². The summed E-state index contributed by atoms with van der Waals surface area (Å²) in [6.07, 6.45) is 26.5. The molecule has 0 unspecified atom stereocenters. The highest BCUT2D eigenvalue weighted by molar-refractivity contribution is 5.26. The van der Waals surface area contributed by atoms with Crippen molar-refractivity contribution in [2.45, 2.75) is 135 Å². The van der Waals surface area contributed by atoms with Crippen molar-refractivity contribution >= 4 is 0 Å². The maximum Gasteiger partial charge on any atom is -0.0162 e. The molecule has 32 heavy (non-hydrogen) atoms. The molecule has 180 valence electrons. The molecule has 0 atom stereocenters. The average molecular weight is 437 g/mol. The number of rotatable bonds is 9. The van der Waals surface area contributed by atoms with Crippen molar-refractivity contribution in [2.24, 2.45) is 29.6 Å². The maximum atomic E-state index is 2.47. The van der Waals surface area contributed by atoms with E-state index in [0.29, 0.717) is 0 Å². The Hall–Kier alpha value is -0.780. The van der Waals surface area contributed by atoms with Crippen LogP contribution in [0.15, 0.2) is 24.3 Å². The summed E-state index contributed by atoms with van der Waals surface area (Å²) in [6, 6.07) is 9.86. The molecule has 4 rings (SSSR count). The first-order valence-corrected chi connectivity index (χ1v) is 14.8. The Morgan fingerprint density at radius 2 is 0.906 bits per heavy atom. The molecule has 0 nitrogen and oxygen atoms in total. The second-order valence-corrected chi connectivity index (χ2v) is 12.2. The molecule has 0 heteroatoms. The molecule has 0 amide bonds. The largest absolute Gasteiger partial charge is 0.0651 e. The molecule has 0 aromatic heterocycles. The van der Waals surface area contributed by atoms with Crippen LogP contribution in [-0.2, 0) is 6.42 Å². The first-order valence-electron chi connectivity index (χ1n) is 14.8. The van der Waals surface area contributed by atoms with Gasteiger partial charge in [0, 0.05) is 0 Å². The molecule has 0 N–H and O–H groups in total. The van der Waals surface area contributed by atoms with E-state index in [1.807, 2.05) is 0 Å². The van der Waals surface area contributed by atoms with Crippen LogP contribution in [0.4, 0.5) is 0 Å². The van der Waals surface area contributed by atoms with E-state index in [1.54, 1.807) is 11.1 Å². The molecule has 0 aliphatic heterocycles. The highest BCUT2D eigenvalue weighted by Gasteiger charge is 2.25. The van der Waals surface area contributed by atoms with Crippen LogP contribution in [0.3, 0.4) is 0 Å². The standard InChI is InChI=1S/C32H52/c1-3-25-5-7-27(8-6-25)9-10-28-11-13-29(14-12-28)15-16-30-19-23-32(24-20-30)31-21-17-26(4-2)18-22-31/h19-20,23-29,31H,3-18,21-22H2,1-2H3/t25-,26-,27-,28-,29-,31-. The van der Waals surface area contributed by atoms with Crippen molar-refractivity contribution in [1.29, 1.82) is 0 Å². The van der Waals surface area contributed by atoms with Gasteiger partial charge in [-0.2, -0.15) is 0 Å². The number of hydrogen-bond acceptors (Lipinski definition) is 0. The smallest absolute Gasteiger partial charge is 0.0162 e. The van der Waals surface area contributed by atoms with E-state index in [0.717, 1.165) is 35.5 Å². The van der Waals surface area contributed by atoms with Gasteiger partial charge >= 0.3 is 0 Å². The fourth-order valence-electron chi connectivity index (χ4n) is 7.44. The van der Waals surface area contributed by atoms with Crippen molar-refractivity contribution in [1.82, 2.24) is 0 Å². The second kappa shape index (κ2) is 12.6. The average Bonchev–Trinajstić information content (AvgIpc) is 2.87. The van der Waals surface area contributed by atoms with Gasteiger partial charge in [-0.3, -0.25) is 0 Å². The van der Waals surface area contributed by atoms with E-state index in [2.05, 4.69) is 38.1 Å². The van der Waals surface area contributed by atoms with Gasteiger partial charge in [0.25, 0.3) is 0 Å². The van der Waals surface area contributed by atoms with Gasteiger partial charge in [0.2, 0.25) is 0 Å². The molecule has 1 aromatic carbocycles. The maximum absolute atomic E-state index is 2.47. The van der Waals surface area contributed by atoms with Gasteiger partial charge in [0.05, 0.1) is 0 Å². The van der Waals surface area contributed by atoms with Gasteiger partial charge in [-0.25, -0.2) is 0 Å². The topological polar surface area (TPSA) is 0 Å². The Labute approximate surface area is 200 Å². The van der Waals surface area contributed by atoms with E-state index in [9.17, 15) is 0 Å². The summed E-state index contributed by atoms with van der Waals surface area (Å²) >= 11 is 0. The SMILES string of the molecule is CC[C@H]1CC[C@H](CC[C@H]2CC[C@H](CCc3ccc([C@H]4CC[C@H](CC)CC4)cc3)CC2)CC1. The van der Waals surface area contributed by atoms with Crippen LogP contribution in [0.2, 0.25) is 0 Å². The minimum Gasteiger partial charge on any atom is -0.0651 e. The predicted octanol–water partition coefficient (Wildman–Crippen LogP) is 10.1. The summed E-state index contributed by atoms with van der Waals surface area (Å²) in [6.45, 7) is 4.75. The van der Waals surface area contributed by atoms with E-state index < -0.39 is 0 Å². The molecule has 1 aromatic rings. The fraction of sp³-hybridized carbons (Fsp3) is 0.812. The van der Waals surface area contributed by atoms with E-state index >= 15 is 0 Å². The Morgan fingerprint density at radius 3 is 1.38 bits per heavy atom. The number of aryl methyl sites for hydroxylation is 1. The highest BCUT2D eigenvalue weighted by Crippen LogP contribution is 2.39. The molecule has 0 bridgehead atoms. The lowest BCUT2D eigenvalue weighted by Crippen LogP contribution is -2.18. The molecular formula is C32H52. The number of hydrogen-bond donors (Lipinski definition) is 0. The molecule has 0 heterocycles. The zero-order valence-corrected chi connectivity index (χ0v) is 21.5. The Morgan fingerprint density at radius 1 is 0.500 bits per heavy atom. The predicted molar refractivity (Wildman–Crippen MR) is 140 cm³/mol. The van der Waals surface area contributed by atoms with Crippen LogP contribution >= 0.6 is 0 Å². The summed E-state index contributed by atoms with van der Waals surface area (Å²) in [5, 5.41) is 0. The van der Waals surface area contributed by atoms with Crippen molar-refractivity contribution < 1.29 is 0 Å². The fourth-order valence-corrected chi connectivity index (χ4v) is 7.44. The van der Waals surface area contributed by atoms with Crippen molar-refractivity contribution in [3.05, 3.63) is 35.4 Å². The molecule has 3 aliphatic carbocycles. The summed E-state index contributed by atoms with van der Waals surface area (Å²) in [4.78, 5) is 0. The number of benzene rings is 1. The zero-order chi connectivity index (χ0) is 22.2. The third-order valence-corrected chi connectivity index (χ3v) is 10.2. The minimum absolute atomic E-state index is 0.837. The van der Waals surface area contributed by atoms with Crippen LogP contribution in [0.5, 0.6) is 0 Å². The molecule has 0 radical (unpaired) electrons. The van der Waals surface area contributed by atoms with Crippen molar-refractivity contribution in [3.8, 4) is 0 Å². The molecule has 3 aliphatic rings. The molecule has 0 spiro atoms. The highest BCUT2D eigenvalue weighted by atomic mass is 14.3. The van der Waals surface area contributed by atoms with E-state index in [-0.39, 0.29) is 0 Å². The van der Waals surface area contributed by atoms with Crippen LogP contribution in [0, 0.1) is 29.6 Å². The van der Waals surface area contributed by atoms with Gasteiger partial charge in [0.1, 0.15) is 0 Å². The Kier molecular flexibility index (Phi) is 9.60. The van der Waals surface area contributed by atoms with Crippen LogP contribution in [-0.4, -0.2) is 0 Å². The lowest BCUT2D eigenvalue weighted by Gasteiger charge is -2.32. The van der Waals surface area contributed by atoms with Gasteiger partial charge in [-0.1, -0.05) is 115 Å². The third-order valence-electron chi connectivity index (χ3n) is 10.2. The van der Waals surface area contributed by atoms with E-state index in [1.165, 1.54) is 116 Å². The molecular weight excluding hydrogens is 384 g/mol. The van der Waals surface area contributed by atoms with Gasteiger partial charge in [0.15, 0.2) is 0 Å². The lowest BCUT2D eigenvalue weighted by molar-refractivity contribution is 0.212. The normalized spacial score (nSPS) is 33.8. The van der Waals surface area contributed by atoms with Crippen molar-refractivity contribution in [2.75, 3.05) is 0 Å². The quantitative estimate of drug-likeness (QED) is 0.361. The first kappa shape index (κ1) is 24.3. The molecule has 0 saturated heterocycles. The van der Waals surface area contributed by atoms with Gasteiger partial charge in [-0.05, 0) is 85.2 Å². The Balaban J connectivity index is 1.10. The van der Waals surface area contributed by atoms with E-state index in [4.69, 9.17) is 0 Å². The molecule has 3 saturated carbocycles. The second-order valence-electron chi connectivity index (χ2n) is 12.2. The van der Waals surface area contributed by atoms with Crippen LogP contribution in [0.25, 0.3) is 0 Å². The zero-order valence-electron chi connectivity index (χ0n) is 21.5. The summed E-state index contributed by atoms with van der Waals surface area (Å²) < 4.78 is 0. The van der Waals surface area contributed by atoms with Gasteiger partial charge < -0.3 is 0 Å². The first-order chi connectivity index (χ1) is 15.7.